The monoisotopic (exact) mass is 318 g/mol. The van der Waals surface area contributed by atoms with Crippen molar-refractivity contribution in [1.82, 2.24) is 0 Å². The van der Waals surface area contributed by atoms with E-state index in [-0.39, 0.29) is 5.78 Å². The second-order valence-corrected chi connectivity index (χ2v) is 4.65. The number of carbonyl (C=O) groups excluding carboxylic acids is 1. The van der Waals surface area contributed by atoms with Gasteiger partial charge < -0.3 is 4.74 Å². The molecule has 2 aromatic rings. The minimum absolute atomic E-state index is 0.0956. The number of rotatable bonds is 5. The van der Waals surface area contributed by atoms with Crippen molar-refractivity contribution in [2.45, 2.75) is 6.92 Å². The highest BCUT2D eigenvalue weighted by Crippen LogP contribution is 2.23. The van der Waals surface area contributed by atoms with Gasteiger partial charge in [0.2, 0.25) is 0 Å². The number of benzene rings is 2. The molecule has 0 aliphatic rings. The molecule has 0 saturated heterocycles. The van der Waals surface area contributed by atoms with Crippen molar-refractivity contribution in [3.63, 3.8) is 0 Å². The first-order valence-electron chi connectivity index (χ1n) is 6.17. The highest BCUT2D eigenvalue weighted by atomic mass is 79.9. The number of carbonyl (C=O) groups is 1. The molecule has 0 saturated carbocycles. The van der Waals surface area contributed by atoms with Crippen LogP contribution in [-0.2, 0) is 0 Å². The highest BCUT2D eigenvalue weighted by molar-refractivity contribution is 9.09. The van der Waals surface area contributed by atoms with Gasteiger partial charge in [0.1, 0.15) is 5.75 Å². The van der Waals surface area contributed by atoms with Gasteiger partial charge in [0.15, 0.2) is 5.78 Å². The molecule has 2 nitrogen and oxygen atoms in total. The van der Waals surface area contributed by atoms with E-state index in [1.54, 1.807) is 0 Å². The number of hydrogen-bond acceptors (Lipinski definition) is 2. The molecule has 0 bridgehead atoms. The molecule has 98 valence electrons. The molecule has 2 rings (SSSR count). The van der Waals surface area contributed by atoms with Crippen molar-refractivity contribution in [2.24, 2.45) is 0 Å². The Hall–Kier alpha value is -1.61. The third kappa shape index (κ3) is 3.44. The number of halogens is 1. The second kappa shape index (κ2) is 6.53. The largest absolute Gasteiger partial charge is 0.494 e. The maximum atomic E-state index is 11.5. The van der Waals surface area contributed by atoms with Crippen LogP contribution in [0.4, 0.5) is 0 Å². The number of hydrogen-bond donors (Lipinski definition) is 0. The average molecular weight is 319 g/mol. The van der Waals surface area contributed by atoms with E-state index in [0.717, 1.165) is 22.4 Å². The number of ether oxygens (including phenoxy) is 1. The van der Waals surface area contributed by atoms with Crippen LogP contribution in [0.2, 0.25) is 0 Å². The molecule has 0 amide bonds. The summed E-state index contributed by atoms with van der Waals surface area (Å²) in [4.78, 5) is 11.5. The van der Waals surface area contributed by atoms with Crippen LogP contribution in [0.5, 0.6) is 5.75 Å². The van der Waals surface area contributed by atoms with Crippen LogP contribution in [0.25, 0.3) is 11.1 Å². The van der Waals surface area contributed by atoms with E-state index in [1.165, 1.54) is 0 Å². The van der Waals surface area contributed by atoms with Crippen LogP contribution in [0, 0.1) is 0 Å². The standard InChI is InChI=1S/C16H15BrO2/c1-2-19-15-9-7-13(8-10-15)12-3-5-14(6-4-12)16(18)11-17/h3-10H,2,11H2,1H3. The van der Waals surface area contributed by atoms with Gasteiger partial charge in [-0.05, 0) is 30.2 Å². The summed E-state index contributed by atoms with van der Waals surface area (Å²) in [7, 11) is 0. The van der Waals surface area contributed by atoms with Crippen LogP contribution < -0.4 is 4.74 Å². The van der Waals surface area contributed by atoms with Crippen molar-refractivity contribution >= 4 is 21.7 Å². The minimum Gasteiger partial charge on any atom is -0.494 e. The summed E-state index contributed by atoms with van der Waals surface area (Å²) in [6.07, 6.45) is 0. The van der Waals surface area contributed by atoms with Crippen molar-refractivity contribution in [1.29, 1.82) is 0 Å². The predicted octanol–water partition coefficient (Wildman–Crippen LogP) is 4.33. The Labute approximate surface area is 121 Å². The zero-order chi connectivity index (χ0) is 13.7. The molecule has 0 radical (unpaired) electrons. The molecule has 3 heteroatoms. The van der Waals surface area contributed by atoms with Gasteiger partial charge in [-0.2, -0.15) is 0 Å². The fourth-order valence-electron chi connectivity index (χ4n) is 1.84. The zero-order valence-corrected chi connectivity index (χ0v) is 12.3. The molecule has 0 aliphatic carbocycles. The number of ketones is 1. The van der Waals surface area contributed by atoms with Crippen molar-refractivity contribution in [2.75, 3.05) is 11.9 Å². The molecule has 0 N–H and O–H groups in total. The Morgan fingerprint density at radius 1 is 1.00 bits per heavy atom. The predicted molar refractivity (Wildman–Crippen MR) is 81.2 cm³/mol. The molecular weight excluding hydrogens is 304 g/mol. The molecule has 0 fully saturated rings. The molecule has 0 unspecified atom stereocenters. The maximum absolute atomic E-state index is 11.5. The van der Waals surface area contributed by atoms with E-state index in [2.05, 4.69) is 15.9 Å². The highest BCUT2D eigenvalue weighted by Gasteiger charge is 2.04. The summed E-state index contributed by atoms with van der Waals surface area (Å²) in [5.74, 6) is 0.968. The molecule has 0 heterocycles. The third-order valence-corrected chi connectivity index (χ3v) is 3.34. The van der Waals surface area contributed by atoms with E-state index in [9.17, 15) is 4.79 Å². The smallest absolute Gasteiger partial charge is 0.173 e. The molecule has 0 spiro atoms. The zero-order valence-electron chi connectivity index (χ0n) is 10.7. The van der Waals surface area contributed by atoms with E-state index >= 15 is 0 Å². The Balaban J connectivity index is 2.19. The van der Waals surface area contributed by atoms with Crippen LogP contribution in [-0.4, -0.2) is 17.7 Å². The average Bonchev–Trinajstić information content (AvgIpc) is 2.48. The lowest BCUT2D eigenvalue weighted by Crippen LogP contribution is -1.98. The molecule has 0 atom stereocenters. The van der Waals surface area contributed by atoms with E-state index in [4.69, 9.17) is 4.74 Å². The molecule has 2 aromatic carbocycles. The Bertz CT molecular complexity index is 544. The van der Waals surface area contributed by atoms with Gasteiger partial charge in [-0.15, -0.1) is 0 Å². The normalized spacial score (nSPS) is 10.2. The lowest BCUT2D eigenvalue weighted by molar-refractivity contribution is 0.102. The van der Waals surface area contributed by atoms with E-state index in [1.807, 2.05) is 55.5 Å². The van der Waals surface area contributed by atoms with E-state index in [0.29, 0.717) is 11.9 Å². The van der Waals surface area contributed by atoms with Gasteiger partial charge in [-0.1, -0.05) is 52.3 Å². The summed E-state index contributed by atoms with van der Waals surface area (Å²) in [5, 5.41) is 0.357. The summed E-state index contributed by atoms with van der Waals surface area (Å²) in [6.45, 7) is 2.64. The van der Waals surface area contributed by atoms with Crippen molar-refractivity contribution in [3.05, 3.63) is 54.1 Å². The molecule has 19 heavy (non-hydrogen) atoms. The van der Waals surface area contributed by atoms with Crippen molar-refractivity contribution in [3.8, 4) is 16.9 Å². The molecular formula is C16H15BrO2. The van der Waals surface area contributed by atoms with Gasteiger partial charge in [-0.3, -0.25) is 4.79 Å². The SMILES string of the molecule is CCOc1ccc(-c2ccc(C(=O)CBr)cc2)cc1. The van der Waals surface area contributed by atoms with Crippen molar-refractivity contribution < 1.29 is 9.53 Å². The van der Waals surface area contributed by atoms with Crippen LogP contribution in [0.15, 0.2) is 48.5 Å². The quantitative estimate of drug-likeness (QED) is 0.606. The van der Waals surface area contributed by atoms with Gasteiger partial charge in [0, 0.05) is 5.56 Å². The summed E-state index contributed by atoms with van der Waals surface area (Å²) < 4.78 is 5.41. The Morgan fingerprint density at radius 3 is 2.00 bits per heavy atom. The topological polar surface area (TPSA) is 26.3 Å². The van der Waals surface area contributed by atoms with Gasteiger partial charge in [-0.25, -0.2) is 0 Å². The summed E-state index contributed by atoms with van der Waals surface area (Å²) in [5.41, 5.74) is 2.93. The van der Waals surface area contributed by atoms with Gasteiger partial charge in [0.25, 0.3) is 0 Å². The number of alkyl halides is 1. The fraction of sp³-hybridized carbons (Fsp3) is 0.188. The Morgan fingerprint density at radius 2 is 1.53 bits per heavy atom. The number of Topliss-reactive ketones (excluding diaryl/α,β-unsaturated/α-hetero) is 1. The summed E-state index contributed by atoms with van der Waals surface area (Å²) >= 11 is 3.17. The lowest BCUT2D eigenvalue weighted by Gasteiger charge is -2.06. The first-order chi connectivity index (χ1) is 9.24. The first-order valence-corrected chi connectivity index (χ1v) is 7.29. The summed E-state index contributed by atoms with van der Waals surface area (Å²) in [6, 6.07) is 15.6. The fourth-order valence-corrected chi connectivity index (χ4v) is 2.16. The van der Waals surface area contributed by atoms with Crippen LogP contribution in [0.1, 0.15) is 17.3 Å². The minimum atomic E-state index is 0.0956. The van der Waals surface area contributed by atoms with Crippen LogP contribution >= 0.6 is 15.9 Å². The third-order valence-electron chi connectivity index (χ3n) is 2.83. The van der Waals surface area contributed by atoms with Gasteiger partial charge in [0.05, 0.1) is 11.9 Å². The molecule has 0 aromatic heterocycles. The van der Waals surface area contributed by atoms with Crippen LogP contribution in [0.3, 0.4) is 0 Å². The Kier molecular flexibility index (Phi) is 4.74. The van der Waals surface area contributed by atoms with E-state index < -0.39 is 0 Å². The second-order valence-electron chi connectivity index (χ2n) is 4.09. The van der Waals surface area contributed by atoms with Gasteiger partial charge >= 0.3 is 0 Å². The first kappa shape index (κ1) is 13.8. The molecule has 0 aliphatic heterocycles. The maximum Gasteiger partial charge on any atom is 0.173 e. The lowest BCUT2D eigenvalue weighted by atomic mass is 10.0.